The number of benzene rings is 1. The smallest absolute Gasteiger partial charge is 0.254 e. The minimum Gasteiger partial charge on any atom is -0.508 e. The van der Waals surface area contributed by atoms with Gasteiger partial charge in [-0.1, -0.05) is 6.07 Å². The number of amides is 1. The van der Waals surface area contributed by atoms with E-state index in [-0.39, 0.29) is 23.1 Å². The van der Waals surface area contributed by atoms with Gasteiger partial charge in [-0.15, -0.1) is 0 Å². The minimum absolute atomic E-state index is 0.0213. The molecule has 35 heavy (non-hydrogen) atoms. The Bertz CT molecular complexity index is 1220. The molecule has 1 aromatic carbocycles. The number of aliphatic hydroxyl groups is 2. The van der Waals surface area contributed by atoms with E-state index in [4.69, 9.17) is 4.74 Å². The monoisotopic (exact) mass is 477 g/mol. The van der Waals surface area contributed by atoms with Crippen LogP contribution in [0.2, 0.25) is 0 Å². The standard InChI is InChI=1S/C27H31N3O5/c1-15(25(33)29-18-7-10-28-11-8-18)22(32)24-27-9-12-30(14-16-3-4-16)20(26(27,2)34)13-17-5-6-19(31)23(35-24)21(17)27/h5-8,10-11,16,20,24,31-32,34H,3-4,9,12-14H2,1-2H3,(H,28,29,33)/b22-15-/t20-,24+,26-,27+/m1/s1. The maximum atomic E-state index is 13.0. The van der Waals surface area contributed by atoms with Gasteiger partial charge < -0.3 is 25.4 Å². The van der Waals surface area contributed by atoms with Crippen LogP contribution in [0.5, 0.6) is 11.5 Å². The summed E-state index contributed by atoms with van der Waals surface area (Å²) in [6.07, 6.45) is 5.80. The van der Waals surface area contributed by atoms with Crippen LogP contribution in [0.1, 0.15) is 44.2 Å². The Morgan fingerprint density at radius 3 is 2.71 bits per heavy atom. The van der Waals surface area contributed by atoms with Crippen molar-refractivity contribution in [2.24, 2.45) is 5.92 Å². The van der Waals surface area contributed by atoms with Crippen LogP contribution in [-0.4, -0.2) is 61.9 Å². The zero-order valence-corrected chi connectivity index (χ0v) is 20.0. The van der Waals surface area contributed by atoms with Crippen molar-refractivity contribution in [3.63, 3.8) is 0 Å². The topological polar surface area (TPSA) is 115 Å². The molecule has 0 unspecified atom stereocenters. The summed E-state index contributed by atoms with van der Waals surface area (Å²) in [5, 5.41) is 37.1. The van der Waals surface area contributed by atoms with E-state index >= 15 is 0 Å². The Hall–Kier alpha value is -3.10. The number of nitrogens with one attached hydrogen (secondary N) is 1. The Kier molecular flexibility index (Phi) is 4.92. The fourth-order valence-corrected chi connectivity index (χ4v) is 6.55. The zero-order chi connectivity index (χ0) is 24.5. The first-order valence-electron chi connectivity index (χ1n) is 12.3. The van der Waals surface area contributed by atoms with Crippen molar-refractivity contribution in [1.29, 1.82) is 0 Å². The molecule has 2 aliphatic carbocycles. The molecule has 8 heteroatoms. The number of aromatic nitrogens is 1. The third kappa shape index (κ3) is 3.19. The van der Waals surface area contributed by atoms with Crippen molar-refractivity contribution in [3.05, 3.63) is 59.1 Å². The van der Waals surface area contributed by atoms with Crippen LogP contribution in [-0.2, 0) is 16.6 Å². The molecule has 1 saturated carbocycles. The largest absolute Gasteiger partial charge is 0.508 e. The first-order valence-corrected chi connectivity index (χ1v) is 12.3. The van der Waals surface area contributed by atoms with Crippen LogP contribution in [0.25, 0.3) is 0 Å². The van der Waals surface area contributed by atoms with Gasteiger partial charge in [0.15, 0.2) is 17.6 Å². The van der Waals surface area contributed by atoms with E-state index in [1.807, 2.05) is 13.0 Å². The highest BCUT2D eigenvalue weighted by Crippen LogP contribution is 2.63. The van der Waals surface area contributed by atoms with Crippen LogP contribution in [0.4, 0.5) is 5.69 Å². The molecular formula is C27H31N3O5. The second kappa shape index (κ2) is 7.70. The number of likely N-dealkylation sites (tertiary alicyclic amines) is 1. The molecule has 2 fully saturated rings. The van der Waals surface area contributed by atoms with Gasteiger partial charge >= 0.3 is 0 Å². The number of carbonyl (C=O) groups is 1. The van der Waals surface area contributed by atoms with Gasteiger partial charge in [0, 0.05) is 36.2 Å². The number of fused-ring (bicyclic) bond motifs is 1. The summed E-state index contributed by atoms with van der Waals surface area (Å²) >= 11 is 0. The first-order chi connectivity index (χ1) is 16.7. The Labute approximate surface area is 204 Å². The fraction of sp³-hybridized carbons (Fsp3) is 0.481. The molecular weight excluding hydrogens is 446 g/mol. The molecule has 1 amide bonds. The molecule has 2 aromatic rings. The van der Waals surface area contributed by atoms with Crippen molar-refractivity contribution < 1.29 is 24.9 Å². The number of carbonyl (C=O) groups excluding carboxylic acids is 1. The van der Waals surface area contributed by atoms with Crippen LogP contribution in [0.3, 0.4) is 0 Å². The summed E-state index contributed by atoms with van der Waals surface area (Å²) in [4.78, 5) is 19.4. The average molecular weight is 478 g/mol. The number of piperidine rings is 1. The van der Waals surface area contributed by atoms with E-state index in [9.17, 15) is 20.1 Å². The number of ether oxygens (including phenoxy) is 1. The quantitative estimate of drug-likeness (QED) is 0.386. The second-order valence-electron chi connectivity index (χ2n) is 10.7. The number of aliphatic hydroxyl groups excluding tert-OH is 1. The van der Waals surface area contributed by atoms with Crippen LogP contribution >= 0.6 is 0 Å². The molecule has 3 heterocycles. The van der Waals surface area contributed by atoms with Gasteiger partial charge in [0.1, 0.15) is 5.76 Å². The van der Waals surface area contributed by atoms with E-state index in [0.717, 1.165) is 24.2 Å². The Balaban J connectivity index is 1.43. The second-order valence-corrected chi connectivity index (χ2v) is 10.7. The SMILES string of the molecule is C/C(C(=O)Nc1ccncc1)=C(/O)[C@@H]1Oc2c(O)ccc3c2[C@@]12CCN(CC1CC1)[C@H](C3)[C@@]2(C)O. The molecule has 4 N–H and O–H groups in total. The van der Waals surface area contributed by atoms with E-state index in [1.165, 1.54) is 12.8 Å². The molecule has 6 rings (SSSR count). The van der Waals surface area contributed by atoms with Crippen molar-refractivity contribution in [2.45, 2.75) is 62.7 Å². The van der Waals surface area contributed by atoms with Gasteiger partial charge in [-0.3, -0.25) is 14.7 Å². The maximum absolute atomic E-state index is 13.0. The molecule has 2 bridgehead atoms. The lowest BCUT2D eigenvalue weighted by Crippen LogP contribution is -2.73. The van der Waals surface area contributed by atoms with E-state index in [2.05, 4.69) is 15.2 Å². The molecule has 1 aromatic heterocycles. The molecule has 4 aliphatic rings. The zero-order valence-electron chi connectivity index (χ0n) is 20.0. The average Bonchev–Trinajstić information content (AvgIpc) is 3.58. The summed E-state index contributed by atoms with van der Waals surface area (Å²) in [5.74, 6) is 0.268. The lowest BCUT2D eigenvalue weighted by atomic mass is 9.53. The predicted molar refractivity (Wildman–Crippen MR) is 129 cm³/mol. The lowest BCUT2D eigenvalue weighted by Gasteiger charge is -2.59. The third-order valence-electron chi connectivity index (χ3n) is 8.65. The van der Waals surface area contributed by atoms with E-state index < -0.39 is 23.0 Å². The van der Waals surface area contributed by atoms with Crippen molar-refractivity contribution in [3.8, 4) is 11.5 Å². The number of phenols is 1. The molecule has 1 spiro atoms. The highest BCUT2D eigenvalue weighted by molar-refractivity contribution is 6.03. The van der Waals surface area contributed by atoms with E-state index in [0.29, 0.717) is 30.2 Å². The lowest BCUT2D eigenvalue weighted by molar-refractivity contribution is -0.153. The summed E-state index contributed by atoms with van der Waals surface area (Å²) in [5.41, 5.74) is 0.221. The molecule has 2 aliphatic heterocycles. The third-order valence-corrected chi connectivity index (χ3v) is 8.65. The summed E-state index contributed by atoms with van der Waals surface area (Å²) in [7, 11) is 0. The predicted octanol–water partition coefficient (Wildman–Crippen LogP) is 3.05. The highest BCUT2D eigenvalue weighted by atomic mass is 16.5. The number of rotatable bonds is 5. The number of nitrogens with zero attached hydrogens (tertiary/aromatic N) is 2. The molecule has 8 nitrogen and oxygen atoms in total. The molecule has 4 atom stereocenters. The van der Waals surface area contributed by atoms with Crippen LogP contribution in [0.15, 0.2) is 48.0 Å². The molecule has 184 valence electrons. The fourth-order valence-electron chi connectivity index (χ4n) is 6.55. The van der Waals surface area contributed by atoms with E-state index in [1.54, 1.807) is 37.5 Å². The van der Waals surface area contributed by atoms with Crippen molar-refractivity contribution in [2.75, 3.05) is 18.4 Å². The number of pyridine rings is 1. The summed E-state index contributed by atoms with van der Waals surface area (Å²) in [6.45, 7) is 5.08. The number of aromatic hydroxyl groups is 1. The van der Waals surface area contributed by atoms with Crippen molar-refractivity contribution in [1.82, 2.24) is 9.88 Å². The molecule has 1 saturated heterocycles. The summed E-state index contributed by atoms with van der Waals surface area (Å²) in [6, 6.07) is 6.71. The van der Waals surface area contributed by atoms with Gasteiger partial charge in [0.05, 0.1) is 16.6 Å². The summed E-state index contributed by atoms with van der Waals surface area (Å²) < 4.78 is 6.26. The van der Waals surface area contributed by atoms with Gasteiger partial charge in [-0.25, -0.2) is 0 Å². The minimum atomic E-state index is -1.24. The first kappa shape index (κ1) is 22.4. The Morgan fingerprint density at radius 2 is 2.00 bits per heavy atom. The maximum Gasteiger partial charge on any atom is 0.254 e. The van der Waals surface area contributed by atoms with Gasteiger partial charge in [0.2, 0.25) is 0 Å². The molecule has 0 radical (unpaired) electrons. The number of hydrogen-bond donors (Lipinski definition) is 4. The van der Waals surface area contributed by atoms with Crippen LogP contribution < -0.4 is 10.1 Å². The van der Waals surface area contributed by atoms with Crippen LogP contribution in [0, 0.1) is 5.92 Å². The van der Waals surface area contributed by atoms with Crippen molar-refractivity contribution >= 4 is 11.6 Å². The normalized spacial score (nSPS) is 31.9. The number of phenolic OH excluding ortho intramolecular Hbond substituents is 1. The highest BCUT2D eigenvalue weighted by Gasteiger charge is 2.69. The Morgan fingerprint density at radius 1 is 1.26 bits per heavy atom. The van der Waals surface area contributed by atoms with Gasteiger partial charge in [0.25, 0.3) is 5.91 Å². The van der Waals surface area contributed by atoms with Gasteiger partial charge in [-0.05, 0) is 75.8 Å². The van der Waals surface area contributed by atoms with Gasteiger partial charge in [-0.2, -0.15) is 0 Å². The number of hydrogen-bond acceptors (Lipinski definition) is 7. The number of anilines is 1.